The van der Waals surface area contributed by atoms with Gasteiger partial charge in [0.1, 0.15) is 23.9 Å². The van der Waals surface area contributed by atoms with Gasteiger partial charge in [0.05, 0.1) is 30.0 Å². The van der Waals surface area contributed by atoms with Crippen molar-refractivity contribution < 1.29 is 9.47 Å². The molecule has 0 aliphatic heterocycles. The van der Waals surface area contributed by atoms with E-state index in [1.54, 1.807) is 17.9 Å². The molecule has 0 atom stereocenters. The maximum Gasteiger partial charge on any atom is 0.331 e. The quantitative estimate of drug-likeness (QED) is 0.348. The maximum atomic E-state index is 12.7. The third kappa shape index (κ3) is 4.36. The van der Waals surface area contributed by atoms with Gasteiger partial charge in [-0.3, -0.25) is 4.57 Å². The normalized spacial score (nSPS) is 10.9. The van der Waals surface area contributed by atoms with Crippen molar-refractivity contribution in [2.45, 2.75) is 13.5 Å². The highest BCUT2D eigenvalue weighted by molar-refractivity contribution is 5.80. The maximum absolute atomic E-state index is 12.7. The highest BCUT2D eigenvalue weighted by atomic mass is 16.5. The Bertz CT molecular complexity index is 1490. The predicted molar refractivity (Wildman–Crippen MR) is 133 cm³/mol. The number of H-pyrrole nitrogens is 1. The van der Waals surface area contributed by atoms with Crippen molar-refractivity contribution in [3.05, 3.63) is 107 Å². The summed E-state index contributed by atoms with van der Waals surface area (Å²) in [6.45, 7) is 2.48. The van der Waals surface area contributed by atoms with Crippen LogP contribution in [0.4, 0.5) is 11.5 Å². The molecular formula is C27H24N4O3. The van der Waals surface area contributed by atoms with Gasteiger partial charge in [-0.25, -0.2) is 9.78 Å². The molecule has 2 N–H and O–H groups in total. The van der Waals surface area contributed by atoms with Crippen molar-refractivity contribution in [1.29, 1.82) is 0 Å². The van der Waals surface area contributed by atoms with Crippen molar-refractivity contribution in [3.8, 4) is 17.2 Å². The fourth-order valence-corrected chi connectivity index (χ4v) is 3.80. The number of nitrogens with zero attached hydrogens (tertiary/aromatic N) is 2. The largest absolute Gasteiger partial charge is 0.497 e. The van der Waals surface area contributed by atoms with E-state index in [1.165, 1.54) is 0 Å². The number of aryl methyl sites for hydroxylation is 1. The van der Waals surface area contributed by atoms with Gasteiger partial charge >= 0.3 is 5.69 Å². The second-order valence-corrected chi connectivity index (χ2v) is 7.93. The fraction of sp³-hybridized carbons (Fsp3) is 0.111. The molecule has 34 heavy (non-hydrogen) atoms. The van der Waals surface area contributed by atoms with Crippen LogP contribution in [0.15, 0.2) is 89.9 Å². The number of methoxy groups -OCH3 is 1. The summed E-state index contributed by atoms with van der Waals surface area (Å²) in [5.74, 6) is 2.16. The highest BCUT2D eigenvalue weighted by Gasteiger charge is 2.11. The fourth-order valence-electron chi connectivity index (χ4n) is 3.80. The second kappa shape index (κ2) is 9.15. The van der Waals surface area contributed by atoms with Crippen LogP contribution in [0.2, 0.25) is 0 Å². The summed E-state index contributed by atoms with van der Waals surface area (Å²) in [5.41, 5.74) is 4.93. The number of hydrogen-bond acceptors (Lipinski definition) is 5. The Kier molecular flexibility index (Phi) is 5.74. The van der Waals surface area contributed by atoms with Crippen LogP contribution < -0.4 is 20.5 Å². The number of hydrogen-bond donors (Lipinski definition) is 2. The molecule has 0 aliphatic carbocycles. The Morgan fingerprint density at radius 3 is 2.47 bits per heavy atom. The molecule has 0 amide bonds. The first-order valence-corrected chi connectivity index (χ1v) is 10.9. The topological polar surface area (TPSA) is 81.2 Å². The predicted octanol–water partition coefficient (Wildman–Crippen LogP) is 5.35. The van der Waals surface area contributed by atoms with Crippen molar-refractivity contribution in [1.82, 2.24) is 14.5 Å². The lowest BCUT2D eigenvalue weighted by molar-refractivity contribution is 0.306. The van der Waals surface area contributed by atoms with Crippen molar-refractivity contribution in [2.75, 3.05) is 12.4 Å². The number of fused-ring (bicyclic) bond motifs is 1. The Balaban J connectivity index is 1.41. The molecule has 0 saturated heterocycles. The minimum Gasteiger partial charge on any atom is -0.497 e. The molecule has 7 nitrogen and oxygen atoms in total. The first kappa shape index (κ1) is 21.3. The van der Waals surface area contributed by atoms with Crippen LogP contribution in [-0.2, 0) is 6.61 Å². The average molecular weight is 453 g/mol. The third-order valence-corrected chi connectivity index (χ3v) is 5.61. The molecule has 0 spiro atoms. The molecule has 170 valence electrons. The van der Waals surface area contributed by atoms with E-state index >= 15 is 0 Å². The van der Waals surface area contributed by atoms with Crippen LogP contribution in [0.25, 0.3) is 16.7 Å². The number of nitrogens with one attached hydrogen (secondary N) is 2. The van der Waals surface area contributed by atoms with Crippen LogP contribution in [-0.4, -0.2) is 21.6 Å². The molecule has 0 unspecified atom stereocenters. The number of rotatable bonds is 7. The summed E-state index contributed by atoms with van der Waals surface area (Å²) in [6.07, 6.45) is 1.66. The Morgan fingerprint density at radius 2 is 1.74 bits per heavy atom. The Hall–Kier alpha value is -4.52. The van der Waals surface area contributed by atoms with E-state index in [1.807, 2.05) is 85.8 Å². The minimum absolute atomic E-state index is 0.229. The van der Waals surface area contributed by atoms with Gasteiger partial charge in [0.2, 0.25) is 0 Å². The number of aromatic nitrogens is 3. The summed E-state index contributed by atoms with van der Waals surface area (Å²) < 4.78 is 12.8. The molecule has 5 aromatic rings. The van der Waals surface area contributed by atoms with Gasteiger partial charge < -0.3 is 19.8 Å². The molecule has 0 saturated carbocycles. The summed E-state index contributed by atoms with van der Waals surface area (Å²) in [7, 11) is 1.64. The van der Waals surface area contributed by atoms with E-state index in [4.69, 9.17) is 9.47 Å². The third-order valence-electron chi connectivity index (χ3n) is 5.61. The van der Waals surface area contributed by atoms with Crippen LogP contribution in [0.5, 0.6) is 11.5 Å². The van der Waals surface area contributed by atoms with Crippen molar-refractivity contribution >= 4 is 22.5 Å². The molecule has 0 fully saturated rings. The van der Waals surface area contributed by atoms with Gasteiger partial charge in [0, 0.05) is 11.8 Å². The average Bonchev–Trinajstić information content (AvgIpc) is 3.20. The van der Waals surface area contributed by atoms with Gasteiger partial charge in [0.25, 0.3) is 0 Å². The van der Waals surface area contributed by atoms with E-state index < -0.39 is 0 Å². The summed E-state index contributed by atoms with van der Waals surface area (Å²) >= 11 is 0. The van der Waals surface area contributed by atoms with E-state index in [9.17, 15) is 4.79 Å². The first-order valence-electron chi connectivity index (χ1n) is 10.9. The Labute approximate surface area is 196 Å². The summed E-state index contributed by atoms with van der Waals surface area (Å²) in [5, 5.41) is 3.33. The first-order chi connectivity index (χ1) is 16.6. The van der Waals surface area contributed by atoms with E-state index in [-0.39, 0.29) is 5.69 Å². The smallest absolute Gasteiger partial charge is 0.331 e. The minimum atomic E-state index is -0.229. The molecule has 7 heteroatoms. The zero-order valence-electron chi connectivity index (χ0n) is 18.9. The zero-order valence-corrected chi connectivity index (χ0v) is 18.9. The molecule has 0 radical (unpaired) electrons. The molecule has 0 aliphatic rings. The molecule has 5 rings (SSSR count). The van der Waals surface area contributed by atoms with Gasteiger partial charge in [-0.15, -0.1) is 0 Å². The Morgan fingerprint density at radius 1 is 0.971 bits per heavy atom. The number of benzene rings is 3. The van der Waals surface area contributed by atoms with Crippen LogP contribution in [0.3, 0.4) is 0 Å². The SMILES string of the molecule is COc1ccc(Nc2cc3c(cn2)[nH]c(=O)n3-c2ccc(OCc3ccccc3)cc2)c(C)c1. The lowest BCUT2D eigenvalue weighted by Crippen LogP contribution is -2.14. The molecule has 0 bridgehead atoms. The number of imidazole rings is 1. The molecule has 2 heterocycles. The van der Waals surface area contributed by atoms with Crippen LogP contribution in [0.1, 0.15) is 11.1 Å². The lowest BCUT2D eigenvalue weighted by atomic mass is 10.2. The number of anilines is 2. The van der Waals surface area contributed by atoms with Gasteiger partial charge in [-0.1, -0.05) is 30.3 Å². The van der Waals surface area contributed by atoms with E-state index in [2.05, 4.69) is 15.3 Å². The number of ether oxygens (including phenoxy) is 2. The number of pyridine rings is 1. The molecule has 2 aromatic heterocycles. The monoisotopic (exact) mass is 452 g/mol. The lowest BCUT2D eigenvalue weighted by Gasteiger charge is -2.11. The van der Waals surface area contributed by atoms with E-state index in [0.717, 1.165) is 39.5 Å². The van der Waals surface area contributed by atoms with Gasteiger partial charge in [0.15, 0.2) is 0 Å². The van der Waals surface area contributed by atoms with Crippen molar-refractivity contribution in [3.63, 3.8) is 0 Å². The molecular weight excluding hydrogens is 428 g/mol. The van der Waals surface area contributed by atoms with Crippen LogP contribution >= 0.6 is 0 Å². The van der Waals surface area contributed by atoms with E-state index in [0.29, 0.717) is 17.9 Å². The van der Waals surface area contributed by atoms with Crippen molar-refractivity contribution in [2.24, 2.45) is 0 Å². The second-order valence-electron chi connectivity index (χ2n) is 7.93. The zero-order chi connectivity index (χ0) is 23.5. The molecule has 3 aromatic carbocycles. The van der Waals surface area contributed by atoms with Crippen LogP contribution in [0, 0.1) is 6.92 Å². The standard InChI is InChI=1S/C27H24N4O3/c1-18-14-22(33-2)12-13-23(18)29-26-15-25-24(16-28-26)30-27(32)31(25)20-8-10-21(11-9-20)34-17-19-6-4-3-5-7-19/h3-16H,17H2,1-2H3,(H,28,29)(H,30,32). The summed E-state index contributed by atoms with van der Waals surface area (Å²) in [4.78, 5) is 20.1. The highest BCUT2D eigenvalue weighted by Crippen LogP contribution is 2.26. The number of aromatic amines is 1. The summed E-state index contributed by atoms with van der Waals surface area (Å²) in [6, 6.07) is 25.1. The van der Waals surface area contributed by atoms with Gasteiger partial charge in [-0.2, -0.15) is 0 Å². The van der Waals surface area contributed by atoms with Gasteiger partial charge in [-0.05, 0) is 60.5 Å².